The molecule has 0 spiro atoms. The lowest BCUT2D eigenvalue weighted by atomic mass is 9.97. The molecule has 0 bridgehead atoms. The van der Waals surface area contributed by atoms with E-state index in [0.29, 0.717) is 0 Å². The topological polar surface area (TPSA) is 81.0 Å². The molecule has 1 atom stereocenters. The largest absolute Gasteiger partial charge is 0.466 e. The van der Waals surface area contributed by atoms with Gasteiger partial charge in [0.05, 0.1) is 0 Å². The second kappa shape index (κ2) is 61.4. The van der Waals surface area contributed by atoms with Crippen molar-refractivity contribution in [3.05, 3.63) is 0 Å². The quantitative estimate of drug-likeness (QED) is 0.0418. The van der Waals surface area contributed by atoms with Crippen molar-refractivity contribution in [1.29, 1.82) is 0 Å². The van der Waals surface area contributed by atoms with Crippen LogP contribution in [0, 0.1) is 0 Å². The van der Waals surface area contributed by atoms with E-state index in [0.717, 1.165) is 6.04 Å². The summed E-state index contributed by atoms with van der Waals surface area (Å²) in [7, 11) is -4.64. The van der Waals surface area contributed by atoms with Gasteiger partial charge in [0.1, 0.15) is 0 Å². The molecular weight excluding hydrogens is 854 g/mol. The van der Waals surface area contributed by atoms with Crippen molar-refractivity contribution < 1.29 is 19.2 Å². The summed E-state index contributed by atoms with van der Waals surface area (Å²) >= 11 is 0. The first-order chi connectivity index (χ1) is 33.3. The molecule has 0 saturated heterocycles. The number of hydrogen-bond donors (Lipinski definition) is 3. The van der Waals surface area contributed by atoms with Crippen LogP contribution in [0.4, 0.5) is 0 Å². The third kappa shape index (κ3) is 66.1. The number of hydrogen-bond acceptors (Lipinski definition) is 2. The zero-order chi connectivity index (χ0) is 50.0. The van der Waals surface area contributed by atoms with Crippen molar-refractivity contribution in [2.45, 2.75) is 387 Å². The van der Waals surface area contributed by atoms with Gasteiger partial charge < -0.3 is 19.6 Å². The van der Waals surface area contributed by atoms with Gasteiger partial charge in [0.2, 0.25) is 0 Å². The summed E-state index contributed by atoms with van der Waals surface area (Å²) in [4.78, 5) is 24.6. The lowest BCUT2D eigenvalue weighted by Crippen LogP contribution is -2.37. The van der Waals surface area contributed by atoms with Gasteiger partial charge in [-0.25, -0.2) is 4.57 Å². The van der Waals surface area contributed by atoms with Crippen LogP contribution in [0.3, 0.4) is 0 Å². The van der Waals surface area contributed by atoms with Gasteiger partial charge in [-0.05, 0) is 38.8 Å². The van der Waals surface area contributed by atoms with Gasteiger partial charge in [0, 0.05) is 6.04 Å². The van der Waals surface area contributed by atoms with Gasteiger partial charge in [0.15, 0.2) is 0 Å². The Labute approximate surface area is 430 Å². The summed E-state index contributed by atoms with van der Waals surface area (Å²) in [6.07, 6.45) is 80.8. The summed E-state index contributed by atoms with van der Waals surface area (Å²) in [5.41, 5.74) is 0. The van der Waals surface area contributed by atoms with E-state index >= 15 is 0 Å². The minimum atomic E-state index is -4.64. The predicted octanol–water partition coefficient (Wildman–Crippen LogP) is 22.3. The minimum absolute atomic E-state index is 0.853. The zero-order valence-electron chi connectivity index (χ0n) is 47.5. The minimum Gasteiger partial charge on any atom is -0.303 e. The van der Waals surface area contributed by atoms with Crippen molar-refractivity contribution in [3.8, 4) is 0 Å². The normalized spacial score (nSPS) is 12.3. The Kier molecular flexibility index (Phi) is 63.3. The number of nitrogens with zero attached hydrogens (tertiary/aromatic N) is 1. The summed E-state index contributed by atoms with van der Waals surface area (Å²) < 4.78 is 8.88. The maximum absolute atomic E-state index is 8.88. The fourth-order valence-corrected chi connectivity index (χ4v) is 10.6. The molecule has 0 aromatic heterocycles. The van der Waals surface area contributed by atoms with Gasteiger partial charge >= 0.3 is 7.82 Å². The Bertz CT molecular complexity index is 884. The molecule has 0 aromatic rings. The van der Waals surface area contributed by atoms with Crippen molar-refractivity contribution in [2.75, 3.05) is 13.1 Å². The van der Waals surface area contributed by atoms with E-state index in [1.54, 1.807) is 0 Å². The lowest BCUT2D eigenvalue weighted by molar-refractivity contribution is 0.163. The monoisotopic (exact) mass is 984 g/mol. The predicted molar refractivity (Wildman–Crippen MR) is 306 cm³/mol. The average Bonchev–Trinajstić information content (AvgIpc) is 3.31. The smallest absolute Gasteiger partial charge is 0.303 e. The molecule has 0 saturated carbocycles. The fraction of sp³-hybridized carbons (Fsp3) is 1.00. The number of phosphoric acid groups is 1. The molecule has 3 N–H and O–H groups in total. The van der Waals surface area contributed by atoms with Crippen molar-refractivity contribution in [1.82, 2.24) is 4.90 Å². The summed E-state index contributed by atoms with van der Waals surface area (Å²) in [6.45, 7) is 12.1. The van der Waals surface area contributed by atoms with Crippen LogP contribution in [0.15, 0.2) is 0 Å². The molecule has 0 aliphatic heterocycles. The Hall–Kier alpha value is 0.0700. The van der Waals surface area contributed by atoms with Crippen LogP contribution in [-0.2, 0) is 4.57 Å². The first-order valence-electron chi connectivity index (χ1n) is 31.8. The lowest BCUT2D eigenvalue weighted by Gasteiger charge is -2.32. The molecule has 0 rings (SSSR count). The van der Waals surface area contributed by atoms with Gasteiger partial charge in [0.25, 0.3) is 0 Å². The molecule has 0 aromatic carbocycles. The number of unbranched alkanes of at least 4 members (excludes halogenated alkanes) is 49. The maximum atomic E-state index is 8.88. The van der Waals surface area contributed by atoms with Crippen LogP contribution in [0.5, 0.6) is 0 Å². The van der Waals surface area contributed by atoms with E-state index in [2.05, 4.69) is 32.6 Å². The van der Waals surface area contributed by atoms with E-state index in [1.165, 1.54) is 366 Å². The Balaban J connectivity index is 0. The molecule has 1 unspecified atom stereocenters. The molecule has 412 valence electrons. The Morgan fingerprint density at radius 2 is 0.382 bits per heavy atom. The van der Waals surface area contributed by atoms with Crippen LogP contribution in [-0.4, -0.2) is 38.7 Å². The van der Waals surface area contributed by atoms with E-state index in [-0.39, 0.29) is 0 Å². The molecule has 0 radical (unpaired) electrons. The van der Waals surface area contributed by atoms with Gasteiger partial charge in [-0.3, -0.25) is 0 Å². The highest BCUT2D eigenvalue weighted by molar-refractivity contribution is 7.45. The van der Waals surface area contributed by atoms with Gasteiger partial charge in [-0.1, -0.05) is 355 Å². The molecule has 0 fully saturated rings. The molecule has 0 aliphatic rings. The highest BCUT2D eigenvalue weighted by Crippen LogP contribution is 2.26. The first-order valence-corrected chi connectivity index (χ1v) is 33.4. The third-order valence-electron chi connectivity index (χ3n) is 15.1. The second-order valence-electron chi connectivity index (χ2n) is 22.1. The third-order valence-corrected chi connectivity index (χ3v) is 15.1. The van der Waals surface area contributed by atoms with Crippen LogP contribution < -0.4 is 0 Å². The first kappa shape index (κ1) is 70.1. The Morgan fingerprint density at radius 3 is 0.544 bits per heavy atom. The van der Waals surface area contributed by atoms with E-state index in [4.69, 9.17) is 19.2 Å². The average molecular weight is 985 g/mol. The molecule has 5 nitrogen and oxygen atoms in total. The van der Waals surface area contributed by atoms with Crippen molar-refractivity contribution in [3.63, 3.8) is 0 Å². The summed E-state index contributed by atoms with van der Waals surface area (Å²) in [5.74, 6) is 0. The highest BCUT2D eigenvalue weighted by atomic mass is 31.2. The standard InChI is InChI=1S/C62H127N.H3O4P/c1-5-9-13-17-20-23-26-29-32-35-38-41-44-47-51-55-59-62(58-54-50-16-12-8-4)63(60-56-52-48-45-42-39-36-33-30-27-24-21-18-14-10-6-2)61-57-53-49-46-43-40-37-34-31-28-25-22-19-15-11-7-3;1-5(2,3)4/h62H,5-61H2,1-4H3;(H3,1,2,3,4). The molecular formula is C62H130NO4P. The van der Waals surface area contributed by atoms with E-state index in [9.17, 15) is 0 Å². The maximum Gasteiger partial charge on any atom is 0.466 e. The van der Waals surface area contributed by atoms with Crippen LogP contribution in [0.2, 0.25) is 0 Å². The van der Waals surface area contributed by atoms with E-state index in [1.807, 2.05) is 0 Å². The molecule has 0 aliphatic carbocycles. The van der Waals surface area contributed by atoms with Crippen molar-refractivity contribution in [2.24, 2.45) is 0 Å². The second-order valence-corrected chi connectivity index (χ2v) is 23.1. The van der Waals surface area contributed by atoms with Gasteiger partial charge in [-0.2, -0.15) is 0 Å². The van der Waals surface area contributed by atoms with E-state index < -0.39 is 7.82 Å². The fourth-order valence-electron chi connectivity index (χ4n) is 10.6. The van der Waals surface area contributed by atoms with Crippen LogP contribution in [0.1, 0.15) is 381 Å². The molecule has 68 heavy (non-hydrogen) atoms. The zero-order valence-corrected chi connectivity index (χ0v) is 48.4. The van der Waals surface area contributed by atoms with Crippen molar-refractivity contribution >= 4 is 7.82 Å². The van der Waals surface area contributed by atoms with Gasteiger partial charge in [-0.15, -0.1) is 0 Å². The summed E-state index contributed by atoms with van der Waals surface area (Å²) in [5, 5.41) is 0. The molecule has 6 heteroatoms. The Morgan fingerprint density at radius 1 is 0.250 bits per heavy atom. The van der Waals surface area contributed by atoms with Crippen LogP contribution >= 0.6 is 7.82 Å². The summed E-state index contributed by atoms with van der Waals surface area (Å²) in [6, 6.07) is 0.853. The molecule has 0 heterocycles. The number of rotatable bonds is 58. The molecule has 0 amide bonds. The van der Waals surface area contributed by atoms with Crippen LogP contribution in [0.25, 0.3) is 0 Å². The highest BCUT2D eigenvalue weighted by Gasteiger charge is 2.18. The SMILES string of the molecule is CCCCCCCCCCCCCCCCCCC(CCCCCCC)N(CCCCCCCCCCCCCCCCCC)CCCCCCCCCCCCCCCCCC.O=P(O)(O)O.